The van der Waals surface area contributed by atoms with Gasteiger partial charge in [-0.25, -0.2) is 0 Å². The Balaban J connectivity index is 2.33. The molecule has 5 unspecified atom stereocenters. The molecular weight excluding hydrogens is 172 g/mol. The van der Waals surface area contributed by atoms with Gasteiger partial charge in [-0.1, -0.05) is 39.0 Å². The lowest BCUT2D eigenvalue weighted by Crippen LogP contribution is -2.36. The van der Waals surface area contributed by atoms with Crippen molar-refractivity contribution in [3.8, 4) is 0 Å². The molecule has 0 radical (unpaired) electrons. The summed E-state index contributed by atoms with van der Waals surface area (Å²) in [5, 5.41) is 10.1. The third kappa shape index (κ3) is 1.54. The molecule has 0 saturated heterocycles. The molecule has 0 heterocycles. The number of hydrogen-bond donors (Lipinski definition) is 1. The van der Waals surface area contributed by atoms with Gasteiger partial charge in [0.05, 0.1) is 6.10 Å². The molecule has 2 aliphatic rings. The average molecular weight is 192 g/mol. The van der Waals surface area contributed by atoms with E-state index < -0.39 is 0 Å². The molecule has 78 valence electrons. The first-order valence-electron chi connectivity index (χ1n) is 5.67. The summed E-state index contributed by atoms with van der Waals surface area (Å²) < 4.78 is 0. The van der Waals surface area contributed by atoms with Gasteiger partial charge in [0.15, 0.2) is 0 Å². The van der Waals surface area contributed by atoms with Gasteiger partial charge in [0.1, 0.15) is 0 Å². The Bertz CT molecular complexity index is 277. The second-order valence-corrected chi connectivity index (χ2v) is 5.05. The van der Waals surface area contributed by atoms with E-state index >= 15 is 0 Å². The first-order chi connectivity index (χ1) is 6.59. The van der Waals surface area contributed by atoms with Gasteiger partial charge >= 0.3 is 0 Å². The summed E-state index contributed by atoms with van der Waals surface area (Å²) in [6, 6.07) is 0. The Labute approximate surface area is 86.5 Å². The van der Waals surface area contributed by atoms with Crippen LogP contribution in [0.4, 0.5) is 0 Å². The highest BCUT2D eigenvalue weighted by atomic mass is 16.3. The number of fused-ring (bicyclic) bond motifs is 1. The van der Waals surface area contributed by atoms with E-state index in [-0.39, 0.29) is 6.10 Å². The Kier molecular flexibility index (Phi) is 2.52. The maximum Gasteiger partial charge on any atom is 0.0616 e. The monoisotopic (exact) mass is 192 g/mol. The van der Waals surface area contributed by atoms with Crippen molar-refractivity contribution in [1.82, 2.24) is 0 Å². The zero-order chi connectivity index (χ0) is 10.3. The van der Waals surface area contributed by atoms with Crippen molar-refractivity contribution in [1.29, 1.82) is 0 Å². The Hall–Kier alpha value is -0.560. The maximum absolute atomic E-state index is 10.1. The van der Waals surface area contributed by atoms with Gasteiger partial charge in [0, 0.05) is 5.92 Å². The second kappa shape index (κ2) is 3.54. The van der Waals surface area contributed by atoms with E-state index in [9.17, 15) is 5.11 Å². The van der Waals surface area contributed by atoms with E-state index in [0.717, 1.165) is 6.42 Å². The average Bonchev–Trinajstić information content (AvgIpc) is 2.10. The fraction of sp³-hybridized carbons (Fsp3) is 0.692. The molecule has 5 atom stereocenters. The van der Waals surface area contributed by atoms with Gasteiger partial charge in [-0.15, -0.1) is 0 Å². The lowest BCUT2D eigenvalue weighted by Gasteiger charge is -2.39. The smallest absolute Gasteiger partial charge is 0.0616 e. The van der Waals surface area contributed by atoms with Gasteiger partial charge in [-0.3, -0.25) is 0 Å². The van der Waals surface area contributed by atoms with Crippen molar-refractivity contribution >= 4 is 0 Å². The van der Waals surface area contributed by atoms with Crippen LogP contribution < -0.4 is 0 Å². The van der Waals surface area contributed by atoms with Crippen molar-refractivity contribution in [2.75, 3.05) is 0 Å². The maximum atomic E-state index is 10.1. The third-order valence-corrected chi connectivity index (χ3v) is 3.88. The largest absolute Gasteiger partial charge is 0.392 e. The van der Waals surface area contributed by atoms with Crippen molar-refractivity contribution in [2.45, 2.75) is 33.3 Å². The third-order valence-electron chi connectivity index (χ3n) is 3.88. The first-order valence-corrected chi connectivity index (χ1v) is 5.67. The molecule has 0 aromatic heterocycles. The van der Waals surface area contributed by atoms with E-state index in [1.807, 2.05) is 0 Å². The minimum absolute atomic E-state index is 0.132. The first kappa shape index (κ1) is 9.97. The lowest BCUT2D eigenvalue weighted by molar-refractivity contribution is 0.0618. The van der Waals surface area contributed by atoms with Gasteiger partial charge in [-0.05, 0) is 29.7 Å². The molecule has 0 fully saturated rings. The highest BCUT2D eigenvalue weighted by Crippen LogP contribution is 2.40. The van der Waals surface area contributed by atoms with E-state index in [1.165, 1.54) is 5.57 Å². The van der Waals surface area contributed by atoms with Crippen molar-refractivity contribution in [3.63, 3.8) is 0 Å². The number of allylic oxidation sites excluding steroid dienone is 3. The quantitative estimate of drug-likeness (QED) is 0.625. The summed E-state index contributed by atoms with van der Waals surface area (Å²) in [5.74, 6) is 2.08. The van der Waals surface area contributed by atoms with E-state index in [4.69, 9.17) is 0 Å². The molecule has 1 nitrogen and oxygen atoms in total. The zero-order valence-corrected chi connectivity index (χ0v) is 9.27. The molecule has 2 rings (SSSR count). The molecule has 1 N–H and O–H groups in total. The summed E-state index contributed by atoms with van der Waals surface area (Å²) in [7, 11) is 0. The fourth-order valence-electron chi connectivity index (χ4n) is 2.84. The van der Waals surface area contributed by atoms with Crippen LogP contribution in [0.25, 0.3) is 0 Å². The predicted octanol–water partition coefficient (Wildman–Crippen LogP) is 2.77. The van der Waals surface area contributed by atoms with Gasteiger partial charge in [-0.2, -0.15) is 0 Å². The van der Waals surface area contributed by atoms with Crippen molar-refractivity contribution in [2.24, 2.45) is 23.7 Å². The molecule has 1 heteroatoms. The van der Waals surface area contributed by atoms with Crippen molar-refractivity contribution in [3.05, 3.63) is 23.8 Å². The molecule has 14 heavy (non-hydrogen) atoms. The fourth-order valence-corrected chi connectivity index (χ4v) is 2.84. The summed E-state index contributed by atoms with van der Waals surface area (Å²) in [6.45, 7) is 6.68. The normalized spacial score (nSPS) is 47.1. The molecule has 0 aromatic rings. The van der Waals surface area contributed by atoms with Crippen LogP contribution in [0, 0.1) is 23.7 Å². The van der Waals surface area contributed by atoms with Crippen LogP contribution in [0.5, 0.6) is 0 Å². The topological polar surface area (TPSA) is 20.2 Å². The molecule has 0 aliphatic heterocycles. The van der Waals surface area contributed by atoms with Gasteiger partial charge < -0.3 is 5.11 Å². The van der Waals surface area contributed by atoms with E-state index in [2.05, 4.69) is 39.0 Å². The molecular formula is C13H20O. The minimum atomic E-state index is -0.132. The summed E-state index contributed by atoms with van der Waals surface area (Å²) in [5.41, 5.74) is 1.36. The molecule has 0 saturated carbocycles. The highest BCUT2D eigenvalue weighted by Gasteiger charge is 2.35. The lowest BCUT2D eigenvalue weighted by atomic mass is 9.68. The summed E-state index contributed by atoms with van der Waals surface area (Å²) >= 11 is 0. The summed E-state index contributed by atoms with van der Waals surface area (Å²) in [6.07, 6.45) is 7.62. The van der Waals surface area contributed by atoms with Crippen LogP contribution in [0.15, 0.2) is 23.8 Å². The van der Waals surface area contributed by atoms with Crippen LogP contribution >= 0.6 is 0 Å². The molecule has 2 aliphatic carbocycles. The number of rotatable bonds is 0. The molecule has 0 spiro atoms. The Morgan fingerprint density at radius 3 is 2.71 bits per heavy atom. The van der Waals surface area contributed by atoms with Crippen LogP contribution in [0.1, 0.15) is 27.2 Å². The highest BCUT2D eigenvalue weighted by molar-refractivity contribution is 5.30. The Morgan fingerprint density at radius 1 is 1.29 bits per heavy atom. The number of hydrogen-bond acceptors (Lipinski definition) is 1. The van der Waals surface area contributed by atoms with Crippen LogP contribution in [0.3, 0.4) is 0 Å². The predicted molar refractivity (Wildman–Crippen MR) is 58.8 cm³/mol. The van der Waals surface area contributed by atoms with Crippen LogP contribution in [-0.4, -0.2) is 11.2 Å². The number of aliphatic hydroxyl groups excluding tert-OH is 1. The Morgan fingerprint density at radius 2 is 2.00 bits per heavy atom. The molecule has 0 aromatic carbocycles. The molecule has 0 bridgehead atoms. The summed E-state index contributed by atoms with van der Waals surface area (Å²) in [4.78, 5) is 0. The van der Waals surface area contributed by atoms with Crippen molar-refractivity contribution < 1.29 is 5.11 Å². The number of aliphatic hydroxyl groups is 1. The SMILES string of the molecule is CC1C=C2C=CC(C)C(C)C2C(O)C1. The van der Waals surface area contributed by atoms with Gasteiger partial charge in [0.2, 0.25) is 0 Å². The van der Waals surface area contributed by atoms with Crippen LogP contribution in [-0.2, 0) is 0 Å². The van der Waals surface area contributed by atoms with E-state index in [0.29, 0.717) is 23.7 Å². The second-order valence-electron chi connectivity index (χ2n) is 5.05. The van der Waals surface area contributed by atoms with Crippen LogP contribution in [0.2, 0.25) is 0 Å². The zero-order valence-electron chi connectivity index (χ0n) is 9.27. The van der Waals surface area contributed by atoms with E-state index in [1.54, 1.807) is 0 Å². The van der Waals surface area contributed by atoms with Gasteiger partial charge in [0.25, 0.3) is 0 Å². The molecule has 0 amide bonds. The minimum Gasteiger partial charge on any atom is -0.392 e. The standard InChI is InChI=1S/C13H20O/c1-8-6-11-5-4-9(2)10(3)13(11)12(14)7-8/h4-6,8-10,12-14H,7H2,1-3H3.